The highest BCUT2D eigenvalue weighted by Gasteiger charge is 2.43. The lowest BCUT2D eigenvalue weighted by atomic mass is 9.81. The zero-order valence-corrected chi connectivity index (χ0v) is 27.8. The average Bonchev–Trinajstić information content (AvgIpc) is 3.31. The fourth-order valence-corrected chi connectivity index (χ4v) is 5.73. The Morgan fingerprint density at radius 1 is 0.958 bits per heavy atom. The number of carbonyl (C=O) groups is 2. The van der Waals surface area contributed by atoms with E-state index in [1.807, 2.05) is 32.9 Å². The molecule has 0 aliphatic carbocycles. The van der Waals surface area contributed by atoms with Gasteiger partial charge >= 0.3 is 24.4 Å². The van der Waals surface area contributed by atoms with Gasteiger partial charge in [0.15, 0.2) is 0 Å². The first-order valence-electron chi connectivity index (χ1n) is 15.4. The molecule has 4 rings (SSSR count). The summed E-state index contributed by atoms with van der Waals surface area (Å²) >= 11 is 0. The van der Waals surface area contributed by atoms with Crippen LogP contribution in [-0.4, -0.2) is 41.6 Å². The van der Waals surface area contributed by atoms with Crippen molar-refractivity contribution in [3.05, 3.63) is 93.7 Å². The molecule has 1 fully saturated rings. The highest BCUT2D eigenvalue weighted by atomic mass is 19.4. The van der Waals surface area contributed by atoms with Gasteiger partial charge in [0, 0.05) is 18.3 Å². The Morgan fingerprint density at radius 3 is 2.12 bits per heavy atom. The number of allylic oxidation sites excluding steroid dienone is 1. The van der Waals surface area contributed by atoms with E-state index in [2.05, 4.69) is 18.8 Å². The number of aromatic nitrogens is 1. The van der Waals surface area contributed by atoms with Crippen LogP contribution in [0.3, 0.4) is 0 Å². The smallest absolute Gasteiger partial charge is 0.416 e. The molecular formula is C36H38F6N2O4. The molecule has 258 valence electrons. The van der Waals surface area contributed by atoms with Gasteiger partial charge in [-0.3, -0.25) is 9.88 Å². The number of esters is 1. The fraction of sp³-hybridized carbons (Fsp3) is 0.417. The second-order valence-corrected chi connectivity index (χ2v) is 12.9. The summed E-state index contributed by atoms with van der Waals surface area (Å²) in [6, 6.07) is 9.26. The van der Waals surface area contributed by atoms with Crippen molar-refractivity contribution in [3.63, 3.8) is 0 Å². The van der Waals surface area contributed by atoms with E-state index in [0.717, 1.165) is 34.3 Å². The molecule has 3 aromatic rings. The predicted molar refractivity (Wildman–Crippen MR) is 169 cm³/mol. The van der Waals surface area contributed by atoms with Gasteiger partial charge in [-0.1, -0.05) is 33.3 Å². The maximum absolute atomic E-state index is 13.6. The minimum atomic E-state index is -5.04. The van der Waals surface area contributed by atoms with Crippen molar-refractivity contribution in [1.29, 1.82) is 0 Å². The van der Waals surface area contributed by atoms with E-state index >= 15 is 0 Å². The van der Waals surface area contributed by atoms with Gasteiger partial charge in [0.05, 0.1) is 35.5 Å². The van der Waals surface area contributed by atoms with Crippen molar-refractivity contribution >= 4 is 17.6 Å². The number of nitrogens with zero attached hydrogens (tertiary/aromatic N) is 2. The van der Waals surface area contributed by atoms with Crippen LogP contribution in [0.1, 0.15) is 91.7 Å². The van der Waals surface area contributed by atoms with Crippen LogP contribution in [0.25, 0.3) is 16.8 Å². The number of cyclic esters (lactones) is 1. The topological polar surface area (TPSA) is 68.7 Å². The number of methoxy groups -OCH3 is 1. The zero-order chi connectivity index (χ0) is 35.8. The van der Waals surface area contributed by atoms with Crippen LogP contribution in [0.2, 0.25) is 0 Å². The van der Waals surface area contributed by atoms with Gasteiger partial charge in [-0.15, -0.1) is 0 Å². The Kier molecular flexibility index (Phi) is 10.4. The Morgan fingerprint density at radius 2 is 1.58 bits per heavy atom. The van der Waals surface area contributed by atoms with Crippen LogP contribution < -0.4 is 0 Å². The maximum atomic E-state index is 13.6. The Bertz CT molecular complexity index is 1700. The van der Waals surface area contributed by atoms with E-state index in [4.69, 9.17) is 9.47 Å². The zero-order valence-electron chi connectivity index (χ0n) is 27.8. The maximum Gasteiger partial charge on any atom is 0.416 e. The second-order valence-electron chi connectivity index (χ2n) is 12.9. The van der Waals surface area contributed by atoms with Gasteiger partial charge < -0.3 is 9.47 Å². The molecule has 0 bridgehead atoms. The highest BCUT2D eigenvalue weighted by Crippen LogP contribution is 2.42. The summed E-state index contributed by atoms with van der Waals surface area (Å²) in [6.07, 6.45) is -9.27. The minimum absolute atomic E-state index is 0.0430. The number of rotatable bonds is 9. The van der Waals surface area contributed by atoms with Gasteiger partial charge in [0.2, 0.25) is 0 Å². The normalized spacial score (nSPS) is 17.7. The number of amides is 1. The van der Waals surface area contributed by atoms with Crippen LogP contribution in [-0.2, 0) is 21.8 Å². The number of halogens is 6. The van der Waals surface area contributed by atoms with E-state index in [1.54, 1.807) is 31.3 Å². The third-order valence-electron chi connectivity index (χ3n) is 8.99. The molecule has 1 amide bonds. The highest BCUT2D eigenvalue weighted by molar-refractivity contribution is 5.90. The molecule has 2 atom stereocenters. The summed E-state index contributed by atoms with van der Waals surface area (Å²) in [5, 5.41) is 0. The first kappa shape index (κ1) is 36.5. The second kappa shape index (κ2) is 13.6. The molecule has 48 heavy (non-hydrogen) atoms. The molecule has 1 aliphatic rings. The van der Waals surface area contributed by atoms with Crippen molar-refractivity contribution in [1.82, 2.24) is 9.88 Å². The first-order valence-corrected chi connectivity index (χ1v) is 15.4. The lowest BCUT2D eigenvalue weighted by Gasteiger charge is -2.29. The summed E-state index contributed by atoms with van der Waals surface area (Å²) in [5.41, 5.74) is 1.61. The van der Waals surface area contributed by atoms with Gasteiger partial charge in [-0.2, -0.15) is 26.3 Å². The number of carbonyl (C=O) groups excluding carboxylic acids is 2. The van der Waals surface area contributed by atoms with Crippen molar-refractivity contribution in [2.75, 3.05) is 13.7 Å². The van der Waals surface area contributed by atoms with Crippen LogP contribution in [0.5, 0.6) is 0 Å². The molecule has 0 saturated carbocycles. The summed E-state index contributed by atoms with van der Waals surface area (Å²) in [6.45, 7) is 11.5. The number of hydrogen-bond acceptors (Lipinski definition) is 5. The Balaban J connectivity index is 1.73. The van der Waals surface area contributed by atoms with Crippen molar-refractivity contribution in [2.45, 2.75) is 78.9 Å². The molecule has 1 aromatic heterocycles. The van der Waals surface area contributed by atoms with Gasteiger partial charge in [0.1, 0.15) is 6.10 Å². The van der Waals surface area contributed by atoms with Crippen LogP contribution in [0, 0.1) is 12.3 Å². The van der Waals surface area contributed by atoms with Crippen molar-refractivity contribution < 1.29 is 45.4 Å². The number of pyridine rings is 1. The molecule has 2 aromatic carbocycles. The van der Waals surface area contributed by atoms with Crippen LogP contribution in [0.15, 0.2) is 60.3 Å². The number of alkyl halides is 6. The SMILES string of the molecule is CCC(C)(C)C/C(CN1C(=O)O[C@H](c2cc(C(F)(F)F)cc(C(F)(F)F)c2)[C@@H]1C)=C(\C)c1ccnc(-c2ccc(C(=O)OC)cc2C)c1. The fourth-order valence-electron chi connectivity index (χ4n) is 5.73. The molecule has 6 nitrogen and oxygen atoms in total. The number of aryl methyl sites for hydroxylation is 1. The van der Waals surface area contributed by atoms with E-state index in [9.17, 15) is 35.9 Å². The van der Waals surface area contributed by atoms with Gasteiger partial charge in [0.25, 0.3) is 0 Å². The predicted octanol–water partition coefficient (Wildman–Crippen LogP) is 10.1. The standard InChI is InChI=1S/C36H38F6N2O4/c1-8-34(5,6)18-26(21(3)23-11-12-43-30(16-23)29-10-9-24(13-20(29)2)32(45)47-7)19-44-22(4)31(48-33(44)46)25-14-27(35(37,38)39)17-28(15-25)36(40,41)42/h9-17,22,31H,8,18-19H2,1-7H3/b26-21-/t22-,31-/m0/s1. The van der Waals surface area contributed by atoms with Crippen LogP contribution >= 0.6 is 0 Å². The quantitative estimate of drug-likeness (QED) is 0.167. The van der Waals surface area contributed by atoms with Crippen molar-refractivity contribution in [2.24, 2.45) is 5.41 Å². The summed E-state index contributed by atoms with van der Waals surface area (Å²) in [7, 11) is 1.31. The summed E-state index contributed by atoms with van der Waals surface area (Å²) in [5.74, 6) is -0.459. The van der Waals surface area contributed by atoms with Crippen LogP contribution in [0.4, 0.5) is 31.1 Å². The third kappa shape index (κ3) is 8.02. The van der Waals surface area contributed by atoms with E-state index < -0.39 is 47.7 Å². The van der Waals surface area contributed by atoms with Crippen molar-refractivity contribution in [3.8, 4) is 11.3 Å². The molecular weight excluding hydrogens is 638 g/mol. The van der Waals surface area contributed by atoms with E-state index in [-0.39, 0.29) is 23.6 Å². The Labute approximate surface area is 275 Å². The minimum Gasteiger partial charge on any atom is -0.465 e. The third-order valence-corrected chi connectivity index (χ3v) is 8.99. The van der Waals surface area contributed by atoms with Gasteiger partial charge in [-0.25, -0.2) is 9.59 Å². The monoisotopic (exact) mass is 676 g/mol. The summed E-state index contributed by atoms with van der Waals surface area (Å²) < 4.78 is 91.8. The molecule has 1 aliphatic heterocycles. The molecule has 0 unspecified atom stereocenters. The number of hydrogen-bond donors (Lipinski definition) is 0. The molecule has 0 N–H and O–H groups in total. The van der Waals surface area contributed by atoms with Gasteiger partial charge in [-0.05, 0) is 103 Å². The van der Waals surface area contributed by atoms with E-state index in [0.29, 0.717) is 29.8 Å². The lowest BCUT2D eigenvalue weighted by Crippen LogP contribution is -2.35. The summed E-state index contributed by atoms with van der Waals surface area (Å²) in [4.78, 5) is 31.1. The first-order chi connectivity index (χ1) is 22.3. The molecule has 0 radical (unpaired) electrons. The molecule has 2 heterocycles. The average molecular weight is 677 g/mol. The van der Waals surface area contributed by atoms with E-state index in [1.165, 1.54) is 12.0 Å². The number of benzene rings is 2. The number of ether oxygens (including phenoxy) is 2. The largest absolute Gasteiger partial charge is 0.465 e. The molecule has 1 saturated heterocycles. The lowest BCUT2D eigenvalue weighted by molar-refractivity contribution is -0.143. The molecule has 12 heteroatoms. The Hall–Kier alpha value is -4.35. The molecule has 0 spiro atoms.